The minimum absolute atomic E-state index is 0.167. The highest BCUT2D eigenvalue weighted by molar-refractivity contribution is 5.84. The molecule has 1 fully saturated rings. The van der Waals surface area contributed by atoms with Gasteiger partial charge in [0, 0.05) is 47.8 Å². The van der Waals surface area contributed by atoms with E-state index in [2.05, 4.69) is 64.8 Å². The Morgan fingerprint density at radius 1 is 1.06 bits per heavy atom. The molecule has 2 aromatic heterocycles. The van der Waals surface area contributed by atoms with Crippen LogP contribution in [0.2, 0.25) is 0 Å². The predicted octanol–water partition coefficient (Wildman–Crippen LogP) is 5.15. The number of imidazole rings is 1. The summed E-state index contributed by atoms with van der Waals surface area (Å²) in [6, 6.07) is 19.1. The number of fused-ring (bicyclic) bond motifs is 1. The van der Waals surface area contributed by atoms with Crippen LogP contribution in [0, 0.1) is 0 Å². The first kappa shape index (κ1) is 19.9. The Labute approximate surface area is 182 Å². The zero-order chi connectivity index (χ0) is 21.4. The second-order valence-electron chi connectivity index (χ2n) is 8.63. The Hall–Kier alpha value is -3.02. The second-order valence-corrected chi connectivity index (χ2v) is 8.63. The van der Waals surface area contributed by atoms with Gasteiger partial charge in [-0.1, -0.05) is 61.5 Å². The SMILES string of the molecule is COCC(C)c1c(-c2ccccc2)c(-c2ccc(C3(N)CCC3)cc2)nc2nccn12. The van der Waals surface area contributed by atoms with Gasteiger partial charge in [-0.3, -0.25) is 4.40 Å². The molecule has 0 saturated heterocycles. The first-order valence-corrected chi connectivity index (χ1v) is 10.9. The lowest BCUT2D eigenvalue weighted by Crippen LogP contribution is -2.43. The number of aromatic nitrogens is 3. The van der Waals surface area contributed by atoms with Gasteiger partial charge in [-0.05, 0) is 30.4 Å². The van der Waals surface area contributed by atoms with Gasteiger partial charge < -0.3 is 10.5 Å². The molecule has 1 aliphatic carbocycles. The predicted molar refractivity (Wildman–Crippen MR) is 124 cm³/mol. The van der Waals surface area contributed by atoms with Crippen molar-refractivity contribution in [2.45, 2.75) is 37.6 Å². The molecule has 0 amide bonds. The van der Waals surface area contributed by atoms with E-state index in [1.807, 2.05) is 18.5 Å². The van der Waals surface area contributed by atoms with E-state index >= 15 is 0 Å². The number of rotatable bonds is 6. The molecule has 4 aromatic rings. The molecule has 1 unspecified atom stereocenters. The number of benzene rings is 2. The van der Waals surface area contributed by atoms with Crippen LogP contribution >= 0.6 is 0 Å². The van der Waals surface area contributed by atoms with Gasteiger partial charge in [0.25, 0.3) is 0 Å². The van der Waals surface area contributed by atoms with Gasteiger partial charge in [0.2, 0.25) is 5.78 Å². The molecular weight excluding hydrogens is 384 g/mol. The van der Waals surface area contributed by atoms with Crippen molar-refractivity contribution in [3.63, 3.8) is 0 Å². The molecule has 0 spiro atoms. The van der Waals surface area contributed by atoms with E-state index in [4.69, 9.17) is 15.5 Å². The van der Waals surface area contributed by atoms with Gasteiger partial charge in [-0.15, -0.1) is 0 Å². The van der Waals surface area contributed by atoms with Crippen molar-refractivity contribution in [1.82, 2.24) is 14.4 Å². The van der Waals surface area contributed by atoms with Crippen LogP contribution in [0.15, 0.2) is 67.0 Å². The molecule has 2 heterocycles. The molecule has 2 aromatic carbocycles. The fourth-order valence-corrected chi connectivity index (χ4v) is 4.68. The van der Waals surface area contributed by atoms with Crippen LogP contribution in [0.1, 0.15) is 43.4 Å². The van der Waals surface area contributed by atoms with E-state index in [0.29, 0.717) is 12.4 Å². The summed E-state index contributed by atoms with van der Waals surface area (Å²) in [6.07, 6.45) is 7.10. The molecule has 0 aliphatic heterocycles. The number of hydrogen-bond acceptors (Lipinski definition) is 4. The van der Waals surface area contributed by atoms with Crippen molar-refractivity contribution in [2.24, 2.45) is 5.73 Å². The third-order valence-corrected chi connectivity index (χ3v) is 6.51. The number of ether oxygens (including phenoxy) is 1. The summed E-state index contributed by atoms with van der Waals surface area (Å²) in [5.74, 6) is 0.867. The largest absolute Gasteiger partial charge is 0.384 e. The van der Waals surface area contributed by atoms with E-state index in [-0.39, 0.29) is 11.5 Å². The second kappa shape index (κ2) is 7.91. The molecule has 2 N–H and O–H groups in total. The van der Waals surface area contributed by atoms with Crippen LogP contribution in [0.5, 0.6) is 0 Å². The fourth-order valence-electron chi connectivity index (χ4n) is 4.68. The molecule has 0 bridgehead atoms. The van der Waals surface area contributed by atoms with Gasteiger partial charge >= 0.3 is 0 Å². The van der Waals surface area contributed by atoms with Crippen LogP contribution in [-0.2, 0) is 10.3 Å². The summed E-state index contributed by atoms with van der Waals surface area (Å²) in [6.45, 7) is 2.80. The Bertz CT molecular complexity index is 1190. The first-order chi connectivity index (χ1) is 15.1. The summed E-state index contributed by atoms with van der Waals surface area (Å²) in [7, 11) is 1.74. The highest BCUT2D eigenvalue weighted by atomic mass is 16.5. The topological polar surface area (TPSA) is 65.4 Å². The van der Waals surface area contributed by atoms with Gasteiger partial charge in [-0.25, -0.2) is 9.97 Å². The van der Waals surface area contributed by atoms with Crippen LogP contribution in [0.25, 0.3) is 28.2 Å². The lowest BCUT2D eigenvalue weighted by Gasteiger charge is -2.38. The molecule has 1 atom stereocenters. The molecule has 31 heavy (non-hydrogen) atoms. The Balaban J connectivity index is 1.74. The number of hydrogen-bond donors (Lipinski definition) is 1. The van der Waals surface area contributed by atoms with Crippen LogP contribution in [-0.4, -0.2) is 28.1 Å². The standard InChI is InChI=1S/C26H28N4O/c1-18(17-31-2)24-22(19-7-4-3-5-8-19)23(29-25-28-15-16-30(24)25)20-9-11-21(12-10-20)26(27)13-6-14-26/h3-5,7-12,15-16,18H,6,13-14,17,27H2,1-2H3. The number of nitrogens with zero attached hydrogens (tertiary/aromatic N) is 3. The molecule has 0 radical (unpaired) electrons. The Morgan fingerprint density at radius 3 is 2.45 bits per heavy atom. The van der Waals surface area contributed by atoms with Crippen molar-refractivity contribution in [1.29, 1.82) is 0 Å². The summed E-state index contributed by atoms with van der Waals surface area (Å²) in [4.78, 5) is 9.50. The van der Waals surface area contributed by atoms with E-state index in [0.717, 1.165) is 40.9 Å². The average Bonchev–Trinajstić information content (AvgIpc) is 3.25. The van der Waals surface area contributed by atoms with Gasteiger partial charge in [0.1, 0.15) is 0 Å². The van der Waals surface area contributed by atoms with Crippen molar-refractivity contribution < 1.29 is 4.74 Å². The molecule has 1 aliphatic rings. The summed E-state index contributed by atoms with van der Waals surface area (Å²) in [5.41, 5.74) is 13.0. The van der Waals surface area contributed by atoms with Gasteiger partial charge in [-0.2, -0.15) is 0 Å². The van der Waals surface area contributed by atoms with E-state index in [1.54, 1.807) is 7.11 Å². The van der Waals surface area contributed by atoms with Crippen molar-refractivity contribution >= 4 is 5.78 Å². The van der Waals surface area contributed by atoms with Crippen molar-refractivity contribution in [3.8, 4) is 22.4 Å². The molecule has 158 valence electrons. The number of nitrogens with two attached hydrogens (primary N) is 1. The number of methoxy groups -OCH3 is 1. The zero-order valence-electron chi connectivity index (χ0n) is 18.1. The molecule has 5 nitrogen and oxygen atoms in total. The quantitative estimate of drug-likeness (QED) is 0.476. The van der Waals surface area contributed by atoms with Crippen LogP contribution in [0.3, 0.4) is 0 Å². The summed E-state index contributed by atoms with van der Waals surface area (Å²) in [5, 5.41) is 0. The fraction of sp³-hybridized carbons (Fsp3) is 0.308. The first-order valence-electron chi connectivity index (χ1n) is 10.9. The highest BCUT2D eigenvalue weighted by Crippen LogP contribution is 2.41. The monoisotopic (exact) mass is 412 g/mol. The van der Waals surface area contributed by atoms with Gasteiger partial charge in [0.05, 0.1) is 12.3 Å². The average molecular weight is 413 g/mol. The van der Waals surface area contributed by atoms with E-state index in [1.165, 1.54) is 12.0 Å². The van der Waals surface area contributed by atoms with E-state index in [9.17, 15) is 0 Å². The van der Waals surface area contributed by atoms with Crippen molar-refractivity contribution in [3.05, 3.63) is 78.2 Å². The smallest absolute Gasteiger partial charge is 0.234 e. The zero-order valence-corrected chi connectivity index (χ0v) is 18.1. The maximum absolute atomic E-state index is 6.55. The minimum Gasteiger partial charge on any atom is -0.384 e. The third-order valence-electron chi connectivity index (χ3n) is 6.51. The van der Waals surface area contributed by atoms with Gasteiger partial charge in [0.15, 0.2) is 0 Å². The molecule has 1 saturated carbocycles. The Morgan fingerprint density at radius 2 is 1.81 bits per heavy atom. The summed E-state index contributed by atoms with van der Waals surface area (Å²) >= 11 is 0. The maximum Gasteiger partial charge on any atom is 0.234 e. The van der Waals surface area contributed by atoms with Crippen LogP contribution < -0.4 is 5.73 Å². The molecular formula is C26H28N4O. The van der Waals surface area contributed by atoms with Crippen LogP contribution in [0.4, 0.5) is 0 Å². The lowest BCUT2D eigenvalue weighted by molar-refractivity contribution is 0.183. The molecule has 5 rings (SSSR count). The highest BCUT2D eigenvalue weighted by Gasteiger charge is 2.34. The summed E-state index contributed by atoms with van der Waals surface area (Å²) < 4.78 is 7.61. The van der Waals surface area contributed by atoms with Crippen molar-refractivity contribution in [2.75, 3.05) is 13.7 Å². The normalized spacial score (nSPS) is 16.2. The molecule has 5 heteroatoms. The minimum atomic E-state index is -0.167. The Kier molecular flexibility index (Phi) is 5.08. The maximum atomic E-state index is 6.55. The third kappa shape index (κ3) is 3.44. The lowest BCUT2D eigenvalue weighted by atomic mass is 9.72. The van der Waals surface area contributed by atoms with E-state index < -0.39 is 0 Å².